The van der Waals surface area contributed by atoms with Gasteiger partial charge < -0.3 is 14.6 Å². The second-order valence-corrected chi connectivity index (χ2v) is 6.24. The lowest BCUT2D eigenvalue weighted by molar-refractivity contribution is -0.123. The van der Waals surface area contributed by atoms with Crippen molar-refractivity contribution >= 4 is 17.5 Å². The number of nitrogens with one attached hydrogen (secondary N) is 1. The van der Waals surface area contributed by atoms with E-state index in [4.69, 9.17) is 16.3 Å². The summed E-state index contributed by atoms with van der Waals surface area (Å²) < 4.78 is 7.51. The van der Waals surface area contributed by atoms with E-state index < -0.39 is 0 Å². The van der Waals surface area contributed by atoms with Crippen LogP contribution in [0.5, 0.6) is 5.75 Å². The lowest BCUT2D eigenvalue weighted by Crippen LogP contribution is -2.31. The standard InChI is InChI=1S/C20H20ClN3O2/c21-17-6-8-18(9-7-17)26-15-20(25)23-11-10-19-22-12-13-24(19)14-16-4-2-1-3-5-16/h1-9,12-13H,10-11,14-15H2,(H,23,25). The van der Waals surface area contributed by atoms with Crippen molar-refractivity contribution in [2.24, 2.45) is 0 Å². The average Bonchev–Trinajstić information content (AvgIpc) is 3.09. The molecule has 1 N–H and O–H groups in total. The number of aromatic nitrogens is 2. The predicted octanol–water partition coefficient (Wildman–Crippen LogP) is 3.32. The monoisotopic (exact) mass is 369 g/mol. The maximum atomic E-state index is 11.9. The van der Waals surface area contributed by atoms with E-state index in [0.717, 1.165) is 12.4 Å². The third-order valence-electron chi connectivity index (χ3n) is 3.85. The van der Waals surface area contributed by atoms with E-state index in [1.165, 1.54) is 5.56 Å². The Morgan fingerprint density at radius 3 is 2.65 bits per heavy atom. The molecule has 3 rings (SSSR count). The van der Waals surface area contributed by atoms with Gasteiger partial charge in [0.05, 0.1) is 0 Å². The molecular weight excluding hydrogens is 350 g/mol. The number of benzene rings is 2. The SMILES string of the molecule is O=C(COc1ccc(Cl)cc1)NCCc1nccn1Cc1ccccc1. The Hall–Kier alpha value is -2.79. The molecule has 0 radical (unpaired) electrons. The molecule has 134 valence electrons. The number of hydrogen-bond donors (Lipinski definition) is 1. The van der Waals surface area contributed by atoms with Crippen LogP contribution in [-0.2, 0) is 17.8 Å². The fourth-order valence-corrected chi connectivity index (χ4v) is 2.66. The molecule has 0 aliphatic rings. The highest BCUT2D eigenvalue weighted by Crippen LogP contribution is 2.15. The van der Waals surface area contributed by atoms with E-state index in [9.17, 15) is 4.79 Å². The minimum atomic E-state index is -0.166. The molecule has 0 aliphatic carbocycles. The lowest BCUT2D eigenvalue weighted by atomic mass is 10.2. The van der Waals surface area contributed by atoms with Crippen molar-refractivity contribution in [1.82, 2.24) is 14.9 Å². The molecule has 0 spiro atoms. The van der Waals surface area contributed by atoms with Gasteiger partial charge in [0, 0.05) is 36.9 Å². The summed E-state index contributed by atoms with van der Waals surface area (Å²) in [5, 5.41) is 3.48. The molecule has 1 heterocycles. The normalized spacial score (nSPS) is 10.5. The van der Waals surface area contributed by atoms with Crippen LogP contribution < -0.4 is 10.1 Å². The summed E-state index contributed by atoms with van der Waals surface area (Å²) in [5.41, 5.74) is 1.21. The van der Waals surface area contributed by atoms with Crippen molar-refractivity contribution in [2.45, 2.75) is 13.0 Å². The molecule has 5 nitrogen and oxygen atoms in total. The number of halogens is 1. The number of hydrogen-bond acceptors (Lipinski definition) is 3. The molecule has 0 saturated carbocycles. The second kappa shape index (κ2) is 9.06. The molecule has 0 fully saturated rings. The van der Waals surface area contributed by atoms with Gasteiger partial charge in [-0.25, -0.2) is 4.98 Å². The zero-order chi connectivity index (χ0) is 18.2. The van der Waals surface area contributed by atoms with Crippen LogP contribution >= 0.6 is 11.6 Å². The van der Waals surface area contributed by atoms with Gasteiger partial charge in [0.2, 0.25) is 0 Å². The van der Waals surface area contributed by atoms with Gasteiger partial charge in [-0.15, -0.1) is 0 Å². The van der Waals surface area contributed by atoms with Crippen LogP contribution in [0.15, 0.2) is 67.0 Å². The molecule has 6 heteroatoms. The summed E-state index contributed by atoms with van der Waals surface area (Å²) in [4.78, 5) is 16.3. The van der Waals surface area contributed by atoms with Gasteiger partial charge in [0.25, 0.3) is 5.91 Å². The zero-order valence-electron chi connectivity index (χ0n) is 14.3. The maximum Gasteiger partial charge on any atom is 0.257 e. The molecule has 1 aromatic heterocycles. The number of carbonyl (C=O) groups excluding carboxylic acids is 1. The van der Waals surface area contributed by atoms with Crippen molar-refractivity contribution < 1.29 is 9.53 Å². The third kappa shape index (κ3) is 5.36. The minimum Gasteiger partial charge on any atom is -0.484 e. The fourth-order valence-electron chi connectivity index (χ4n) is 2.54. The Morgan fingerprint density at radius 2 is 1.88 bits per heavy atom. The van der Waals surface area contributed by atoms with Gasteiger partial charge in [-0.1, -0.05) is 41.9 Å². The molecule has 26 heavy (non-hydrogen) atoms. The Morgan fingerprint density at radius 1 is 1.12 bits per heavy atom. The van der Waals surface area contributed by atoms with Gasteiger partial charge in [-0.05, 0) is 29.8 Å². The van der Waals surface area contributed by atoms with Crippen molar-refractivity contribution in [2.75, 3.05) is 13.2 Å². The quantitative estimate of drug-likeness (QED) is 0.662. The first-order chi connectivity index (χ1) is 12.7. The van der Waals surface area contributed by atoms with Gasteiger partial charge >= 0.3 is 0 Å². The Kier molecular flexibility index (Phi) is 6.28. The van der Waals surface area contributed by atoms with Crippen LogP contribution in [0.4, 0.5) is 0 Å². The van der Waals surface area contributed by atoms with Gasteiger partial charge in [0.15, 0.2) is 6.61 Å². The molecule has 0 atom stereocenters. The number of carbonyl (C=O) groups is 1. The third-order valence-corrected chi connectivity index (χ3v) is 4.10. The molecule has 3 aromatic rings. The Labute approximate surface area is 157 Å². The summed E-state index contributed by atoms with van der Waals surface area (Å²) >= 11 is 5.81. The van der Waals surface area contributed by atoms with Crippen molar-refractivity contribution in [1.29, 1.82) is 0 Å². The van der Waals surface area contributed by atoms with E-state index in [-0.39, 0.29) is 12.5 Å². The molecular formula is C20H20ClN3O2. The topological polar surface area (TPSA) is 56.1 Å². The van der Waals surface area contributed by atoms with E-state index in [0.29, 0.717) is 23.7 Å². The van der Waals surface area contributed by atoms with E-state index >= 15 is 0 Å². The van der Waals surface area contributed by atoms with Crippen LogP contribution in [0.1, 0.15) is 11.4 Å². The predicted molar refractivity (Wildman–Crippen MR) is 101 cm³/mol. The number of nitrogens with zero attached hydrogens (tertiary/aromatic N) is 2. The van der Waals surface area contributed by atoms with Crippen molar-refractivity contribution in [3.05, 3.63) is 83.4 Å². The second-order valence-electron chi connectivity index (χ2n) is 5.80. The smallest absolute Gasteiger partial charge is 0.257 e. The van der Waals surface area contributed by atoms with Crippen LogP contribution in [0.3, 0.4) is 0 Å². The number of imidazole rings is 1. The van der Waals surface area contributed by atoms with E-state index in [1.54, 1.807) is 30.5 Å². The highest BCUT2D eigenvalue weighted by Gasteiger charge is 2.06. The fraction of sp³-hybridized carbons (Fsp3) is 0.200. The van der Waals surface area contributed by atoms with Crippen LogP contribution in [0, 0.1) is 0 Å². The van der Waals surface area contributed by atoms with Crippen molar-refractivity contribution in [3.63, 3.8) is 0 Å². The number of ether oxygens (including phenoxy) is 1. The number of rotatable bonds is 8. The molecule has 0 saturated heterocycles. The summed E-state index contributed by atoms with van der Waals surface area (Å²) in [6, 6.07) is 17.1. The van der Waals surface area contributed by atoms with Gasteiger partial charge in [0.1, 0.15) is 11.6 Å². The van der Waals surface area contributed by atoms with Gasteiger partial charge in [-0.3, -0.25) is 4.79 Å². The molecule has 1 amide bonds. The summed E-state index contributed by atoms with van der Waals surface area (Å²) in [5.74, 6) is 1.39. The molecule has 0 aliphatic heterocycles. The molecule has 0 unspecified atom stereocenters. The summed E-state index contributed by atoms with van der Waals surface area (Å²) in [6.45, 7) is 1.25. The average molecular weight is 370 g/mol. The summed E-state index contributed by atoms with van der Waals surface area (Å²) in [7, 11) is 0. The van der Waals surface area contributed by atoms with Crippen LogP contribution in [-0.4, -0.2) is 28.6 Å². The van der Waals surface area contributed by atoms with Crippen LogP contribution in [0.25, 0.3) is 0 Å². The first kappa shape index (κ1) is 18.0. The zero-order valence-corrected chi connectivity index (χ0v) is 15.0. The van der Waals surface area contributed by atoms with E-state index in [2.05, 4.69) is 27.0 Å². The van der Waals surface area contributed by atoms with Crippen LogP contribution in [0.2, 0.25) is 5.02 Å². The maximum absolute atomic E-state index is 11.9. The van der Waals surface area contributed by atoms with Gasteiger partial charge in [-0.2, -0.15) is 0 Å². The van der Waals surface area contributed by atoms with Crippen molar-refractivity contribution in [3.8, 4) is 5.75 Å². The number of amides is 1. The Balaban J connectivity index is 1.42. The lowest BCUT2D eigenvalue weighted by Gasteiger charge is -2.10. The molecule has 0 bridgehead atoms. The minimum absolute atomic E-state index is 0.0277. The first-order valence-corrected chi connectivity index (χ1v) is 8.77. The Bertz CT molecular complexity index is 832. The highest BCUT2D eigenvalue weighted by molar-refractivity contribution is 6.30. The summed E-state index contributed by atoms with van der Waals surface area (Å²) in [6.07, 6.45) is 4.39. The largest absolute Gasteiger partial charge is 0.484 e. The van der Waals surface area contributed by atoms with E-state index in [1.807, 2.05) is 24.4 Å². The first-order valence-electron chi connectivity index (χ1n) is 8.40. The highest BCUT2D eigenvalue weighted by atomic mass is 35.5. The molecule has 2 aromatic carbocycles.